The molecule has 4 N–H and O–H groups in total. The van der Waals surface area contributed by atoms with Gasteiger partial charge in [-0.2, -0.15) is 0 Å². The van der Waals surface area contributed by atoms with E-state index in [0.29, 0.717) is 19.3 Å². The number of ether oxygens (including phenoxy) is 2. The molecule has 0 aliphatic carbocycles. The number of allylic oxidation sites excluding steroid dienone is 6. The van der Waals surface area contributed by atoms with E-state index >= 15 is 0 Å². The summed E-state index contributed by atoms with van der Waals surface area (Å²) in [7, 11) is -4.73. The van der Waals surface area contributed by atoms with Crippen LogP contribution in [0.2, 0.25) is 0 Å². The highest BCUT2D eigenvalue weighted by Crippen LogP contribution is 2.43. The van der Waals surface area contributed by atoms with Gasteiger partial charge in [-0.05, 0) is 70.6 Å². The van der Waals surface area contributed by atoms with E-state index in [4.69, 9.17) is 24.8 Å². The molecule has 1 unspecified atom stereocenters. The minimum Gasteiger partial charge on any atom is -0.480 e. The Hall–Kier alpha value is -2.30. The first kappa shape index (κ1) is 59.7. The lowest BCUT2D eigenvalue weighted by Crippen LogP contribution is -2.34. The molecule has 3 atom stereocenters. The quantitative estimate of drug-likeness (QED) is 0.0230. The zero-order valence-electron chi connectivity index (χ0n) is 39.5. The third kappa shape index (κ3) is 44.3. The van der Waals surface area contributed by atoms with Gasteiger partial charge in [-0.3, -0.25) is 23.4 Å². The van der Waals surface area contributed by atoms with Crippen molar-refractivity contribution in [2.75, 3.05) is 19.8 Å². The average molecular weight is 898 g/mol. The zero-order valence-corrected chi connectivity index (χ0v) is 40.4. The molecule has 0 radical (unpaired) electrons. The van der Waals surface area contributed by atoms with Crippen LogP contribution in [0.4, 0.5) is 0 Å². The average Bonchev–Trinajstić information content (AvgIpc) is 3.25. The number of hydrogen-bond acceptors (Lipinski definition) is 9. The SMILES string of the molecule is CCCCCCCC/C=C/CCCCCCCC(=O)OC[C@@H](COP(=O)(O)OC[C@H](N)C(=O)O)OC(=O)CCC/C=C/CC/C=C/CCCCCCCCCCCCCCCC. The molecule has 362 valence electrons. The molecule has 0 aromatic rings. The normalized spacial score (nSPS) is 13.9. The Balaban J connectivity index is 4.30. The highest BCUT2D eigenvalue weighted by molar-refractivity contribution is 7.47. The molecule has 0 aromatic carbocycles. The van der Waals surface area contributed by atoms with E-state index < -0.39 is 51.1 Å². The topological polar surface area (TPSA) is 172 Å². The van der Waals surface area contributed by atoms with Crippen molar-refractivity contribution in [2.24, 2.45) is 5.73 Å². The summed E-state index contributed by atoms with van der Waals surface area (Å²) in [6.45, 7) is 2.78. The molecule has 0 fully saturated rings. The summed E-state index contributed by atoms with van der Waals surface area (Å²) >= 11 is 0. The Morgan fingerprint density at radius 1 is 0.484 bits per heavy atom. The molecule has 0 aliphatic rings. The van der Waals surface area contributed by atoms with Gasteiger partial charge in [0.15, 0.2) is 6.10 Å². The van der Waals surface area contributed by atoms with Crippen LogP contribution < -0.4 is 5.73 Å². The largest absolute Gasteiger partial charge is 0.480 e. The second-order valence-corrected chi connectivity index (χ2v) is 18.4. The Labute approximate surface area is 378 Å². The van der Waals surface area contributed by atoms with Crippen LogP contribution >= 0.6 is 7.82 Å². The highest BCUT2D eigenvalue weighted by atomic mass is 31.2. The molecule has 0 saturated heterocycles. The van der Waals surface area contributed by atoms with Crippen LogP contribution in [0, 0.1) is 0 Å². The molecule has 0 rings (SSSR count). The fourth-order valence-electron chi connectivity index (χ4n) is 6.90. The van der Waals surface area contributed by atoms with Crippen LogP contribution in [0.3, 0.4) is 0 Å². The van der Waals surface area contributed by atoms with Gasteiger partial charge in [0, 0.05) is 12.8 Å². The number of rotatable bonds is 47. The van der Waals surface area contributed by atoms with Crippen LogP contribution in [0.1, 0.15) is 232 Å². The molecule has 0 amide bonds. The minimum absolute atomic E-state index is 0.101. The van der Waals surface area contributed by atoms with E-state index in [0.717, 1.165) is 57.8 Å². The summed E-state index contributed by atoms with van der Waals surface area (Å²) in [5, 5.41) is 8.91. The highest BCUT2D eigenvalue weighted by Gasteiger charge is 2.28. The van der Waals surface area contributed by atoms with Crippen molar-refractivity contribution in [3.05, 3.63) is 36.5 Å². The number of esters is 2. The van der Waals surface area contributed by atoms with Gasteiger partial charge in [0.05, 0.1) is 13.2 Å². The molecule has 0 spiro atoms. The Bertz CT molecular complexity index is 1190. The van der Waals surface area contributed by atoms with E-state index in [9.17, 15) is 23.8 Å². The lowest BCUT2D eigenvalue weighted by atomic mass is 10.0. The summed E-state index contributed by atoms with van der Waals surface area (Å²) in [4.78, 5) is 46.1. The summed E-state index contributed by atoms with van der Waals surface area (Å²) in [6.07, 6.45) is 50.8. The number of carboxylic acid groups (broad SMARTS) is 1. The number of unbranched alkanes of at least 4 members (excludes halogenated alkanes) is 27. The minimum atomic E-state index is -4.73. The van der Waals surface area contributed by atoms with Gasteiger partial charge >= 0.3 is 25.7 Å². The van der Waals surface area contributed by atoms with Gasteiger partial charge in [-0.15, -0.1) is 0 Å². The van der Waals surface area contributed by atoms with Crippen LogP contribution in [0.5, 0.6) is 0 Å². The maximum atomic E-state index is 12.7. The summed E-state index contributed by atoms with van der Waals surface area (Å²) < 4.78 is 32.7. The number of carbonyl (C=O) groups excluding carboxylic acids is 2. The predicted molar refractivity (Wildman–Crippen MR) is 254 cm³/mol. The van der Waals surface area contributed by atoms with Crippen LogP contribution in [0.25, 0.3) is 0 Å². The maximum Gasteiger partial charge on any atom is 0.472 e. The molecule has 12 heteroatoms. The van der Waals surface area contributed by atoms with Gasteiger partial charge in [0.1, 0.15) is 12.6 Å². The van der Waals surface area contributed by atoms with Crippen molar-refractivity contribution in [1.82, 2.24) is 0 Å². The molecular formula is C50H92NO10P. The first-order valence-electron chi connectivity index (χ1n) is 25.0. The zero-order chi connectivity index (χ0) is 45.6. The fourth-order valence-corrected chi connectivity index (χ4v) is 7.68. The third-order valence-corrected chi connectivity index (χ3v) is 11.8. The predicted octanol–water partition coefficient (Wildman–Crippen LogP) is 14.0. The second kappa shape index (κ2) is 45.3. The van der Waals surface area contributed by atoms with Crippen molar-refractivity contribution < 1.29 is 47.5 Å². The third-order valence-electron chi connectivity index (χ3n) is 10.8. The first-order valence-corrected chi connectivity index (χ1v) is 26.5. The summed E-state index contributed by atoms with van der Waals surface area (Å²) in [5.74, 6) is -2.44. The molecule has 0 heterocycles. The van der Waals surface area contributed by atoms with Gasteiger partial charge in [0.25, 0.3) is 0 Å². The maximum absolute atomic E-state index is 12.7. The lowest BCUT2D eigenvalue weighted by molar-refractivity contribution is -0.161. The molecule has 0 aromatic heterocycles. The molecular weight excluding hydrogens is 806 g/mol. The molecule has 0 saturated carbocycles. The first-order chi connectivity index (χ1) is 30.1. The molecule has 62 heavy (non-hydrogen) atoms. The van der Waals surface area contributed by atoms with E-state index in [2.05, 4.69) is 48.8 Å². The van der Waals surface area contributed by atoms with Crippen molar-refractivity contribution in [2.45, 2.75) is 244 Å². The summed E-state index contributed by atoms with van der Waals surface area (Å²) in [5.41, 5.74) is 5.34. The number of carboxylic acids is 1. The number of phosphoric acid groups is 1. The Morgan fingerprint density at radius 2 is 0.839 bits per heavy atom. The monoisotopic (exact) mass is 898 g/mol. The van der Waals surface area contributed by atoms with E-state index in [1.165, 1.54) is 128 Å². The number of carbonyl (C=O) groups is 3. The van der Waals surface area contributed by atoms with Gasteiger partial charge in [-0.25, -0.2) is 4.57 Å². The van der Waals surface area contributed by atoms with Crippen LogP contribution in [-0.2, 0) is 37.5 Å². The van der Waals surface area contributed by atoms with Crippen molar-refractivity contribution >= 4 is 25.7 Å². The number of aliphatic carboxylic acids is 1. The van der Waals surface area contributed by atoms with Crippen LogP contribution in [-0.4, -0.2) is 59.9 Å². The molecule has 11 nitrogen and oxygen atoms in total. The Morgan fingerprint density at radius 3 is 1.27 bits per heavy atom. The Kier molecular flexibility index (Phi) is 43.6. The second-order valence-electron chi connectivity index (χ2n) is 16.9. The fraction of sp³-hybridized carbons (Fsp3) is 0.820. The van der Waals surface area contributed by atoms with Crippen molar-refractivity contribution in [1.29, 1.82) is 0 Å². The van der Waals surface area contributed by atoms with Crippen molar-refractivity contribution in [3.63, 3.8) is 0 Å². The lowest BCUT2D eigenvalue weighted by Gasteiger charge is -2.20. The van der Waals surface area contributed by atoms with E-state index in [-0.39, 0.29) is 19.4 Å². The summed E-state index contributed by atoms with van der Waals surface area (Å²) in [6, 6.07) is -1.53. The number of phosphoric ester groups is 1. The number of hydrogen-bond donors (Lipinski definition) is 3. The molecule has 0 aliphatic heterocycles. The van der Waals surface area contributed by atoms with E-state index in [1.807, 2.05) is 6.08 Å². The molecule has 0 bridgehead atoms. The van der Waals surface area contributed by atoms with Crippen LogP contribution in [0.15, 0.2) is 36.5 Å². The number of nitrogens with two attached hydrogens (primary N) is 1. The van der Waals surface area contributed by atoms with Crippen molar-refractivity contribution in [3.8, 4) is 0 Å². The smallest absolute Gasteiger partial charge is 0.472 e. The van der Waals surface area contributed by atoms with Gasteiger partial charge < -0.3 is 25.2 Å². The standard InChI is InChI=1S/C50H92NO10P/c1-3-5-7-9-11-13-15-17-19-20-21-22-23-24-25-26-28-30-32-34-36-38-40-42-49(53)61-46(44-59-62(56,57)60-45-47(51)50(54)55)43-58-48(52)41-39-37-35-33-31-29-27-18-16-14-12-10-8-6-4-2/h18,26-28,34,36,46-47H,3-17,19-25,29-33,35,37-45,51H2,1-2H3,(H,54,55)(H,56,57)/b27-18+,28-26+,36-34+/t46-,47-/m0/s1. The van der Waals surface area contributed by atoms with Gasteiger partial charge in [-0.1, -0.05) is 185 Å². The van der Waals surface area contributed by atoms with E-state index in [1.54, 1.807) is 0 Å². The van der Waals surface area contributed by atoms with Gasteiger partial charge in [0.2, 0.25) is 0 Å².